The lowest BCUT2D eigenvalue weighted by molar-refractivity contribution is -0.138. The van der Waals surface area contributed by atoms with E-state index in [-0.39, 0.29) is 11.4 Å². The monoisotopic (exact) mass is 240 g/mol. The summed E-state index contributed by atoms with van der Waals surface area (Å²) in [6.45, 7) is 15.2. The molecule has 0 aliphatic heterocycles. The van der Waals surface area contributed by atoms with Crippen LogP contribution in [0.4, 0.5) is 0 Å². The fraction of sp³-hybridized carbons (Fsp3) is 0.800. The van der Waals surface area contributed by atoms with E-state index in [2.05, 4.69) is 41.2 Å². The van der Waals surface area contributed by atoms with E-state index in [0.29, 0.717) is 12.0 Å². The van der Waals surface area contributed by atoms with E-state index in [1.54, 1.807) is 0 Å². The van der Waals surface area contributed by atoms with Crippen LogP contribution in [0.15, 0.2) is 12.7 Å². The molecule has 0 N–H and O–H groups in total. The molecule has 1 atom stereocenters. The van der Waals surface area contributed by atoms with Crippen LogP contribution in [0.1, 0.15) is 60.3 Å². The van der Waals surface area contributed by atoms with Gasteiger partial charge in [0.2, 0.25) is 0 Å². The molecule has 0 saturated heterocycles. The maximum absolute atomic E-state index is 11.0. The molecule has 0 rings (SSSR count). The van der Waals surface area contributed by atoms with Crippen LogP contribution in [-0.4, -0.2) is 12.6 Å². The average molecular weight is 240 g/mol. The third-order valence-corrected chi connectivity index (χ3v) is 3.83. The Balaban J connectivity index is 4.28. The Morgan fingerprint density at radius 1 is 1.24 bits per heavy atom. The van der Waals surface area contributed by atoms with Gasteiger partial charge in [-0.05, 0) is 23.7 Å². The summed E-state index contributed by atoms with van der Waals surface area (Å²) in [5.74, 6) is -0.321. The maximum Gasteiger partial charge on any atom is 0.330 e. The van der Waals surface area contributed by atoms with Crippen molar-refractivity contribution in [2.24, 2.45) is 10.8 Å². The highest BCUT2D eigenvalue weighted by molar-refractivity contribution is 5.81. The van der Waals surface area contributed by atoms with Crippen LogP contribution in [0.25, 0.3) is 0 Å². The first kappa shape index (κ1) is 16.2. The fourth-order valence-electron chi connectivity index (χ4n) is 2.13. The van der Waals surface area contributed by atoms with Gasteiger partial charge >= 0.3 is 5.97 Å². The second-order valence-electron chi connectivity index (χ2n) is 5.98. The first-order chi connectivity index (χ1) is 7.78. The summed E-state index contributed by atoms with van der Waals surface area (Å²) in [4.78, 5) is 11.0. The van der Waals surface area contributed by atoms with Gasteiger partial charge in [-0.2, -0.15) is 0 Å². The van der Waals surface area contributed by atoms with Crippen LogP contribution in [0.3, 0.4) is 0 Å². The molecule has 0 radical (unpaired) electrons. The number of carbonyl (C=O) groups is 1. The molecule has 0 saturated carbocycles. The van der Waals surface area contributed by atoms with Gasteiger partial charge in [-0.25, -0.2) is 4.79 Å². The molecule has 0 aromatic rings. The first-order valence-electron chi connectivity index (χ1n) is 6.58. The number of rotatable bonds is 8. The van der Waals surface area contributed by atoms with E-state index >= 15 is 0 Å². The highest BCUT2D eigenvalue weighted by Gasteiger charge is 2.30. The zero-order valence-corrected chi connectivity index (χ0v) is 12.1. The fourth-order valence-corrected chi connectivity index (χ4v) is 2.13. The van der Waals surface area contributed by atoms with Crippen molar-refractivity contribution in [1.82, 2.24) is 0 Å². The van der Waals surface area contributed by atoms with Gasteiger partial charge in [-0.1, -0.05) is 54.0 Å². The van der Waals surface area contributed by atoms with Gasteiger partial charge in [-0.15, -0.1) is 0 Å². The van der Waals surface area contributed by atoms with Crippen molar-refractivity contribution in [3.8, 4) is 0 Å². The minimum absolute atomic E-state index is 0.251. The van der Waals surface area contributed by atoms with Crippen LogP contribution >= 0.6 is 0 Å². The Kier molecular flexibility index (Phi) is 6.51. The minimum atomic E-state index is -0.321. The first-order valence-corrected chi connectivity index (χ1v) is 6.58. The van der Waals surface area contributed by atoms with Gasteiger partial charge in [0.05, 0.1) is 6.61 Å². The van der Waals surface area contributed by atoms with Crippen molar-refractivity contribution in [1.29, 1.82) is 0 Å². The van der Waals surface area contributed by atoms with E-state index in [1.807, 2.05) is 0 Å². The number of hydrogen-bond acceptors (Lipinski definition) is 2. The molecule has 0 amide bonds. The topological polar surface area (TPSA) is 26.3 Å². The molecular weight excluding hydrogens is 212 g/mol. The summed E-state index contributed by atoms with van der Waals surface area (Å²) in [5.41, 5.74) is 0.605. The van der Waals surface area contributed by atoms with Gasteiger partial charge in [-0.3, -0.25) is 0 Å². The predicted molar refractivity (Wildman–Crippen MR) is 72.9 cm³/mol. The van der Waals surface area contributed by atoms with Gasteiger partial charge in [0, 0.05) is 6.08 Å². The molecule has 17 heavy (non-hydrogen) atoms. The van der Waals surface area contributed by atoms with Crippen LogP contribution in [0.5, 0.6) is 0 Å². The maximum atomic E-state index is 11.0. The lowest BCUT2D eigenvalue weighted by atomic mass is 9.70. The molecule has 0 heterocycles. The Morgan fingerprint density at radius 3 is 2.24 bits per heavy atom. The minimum Gasteiger partial charge on any atom is -0.463 e. The lowest BCUT2D eigenvalue weighted by Gasteiger charge is -2.36. The largest absolute Gasteiger partial charge is 0.463 e. The number of hydrogen-bond donors (Lipinski definition) is 0. The molecule has 100 valence electrons. The summed E-state index contributed by atoms with van der Waals surface area (Å²) in [6.07, 6.45) is 5.60. The summed E-state index contributed by atoms with van der Waals surface area (Å²) >= 11 is 0. The van der Waals surface area contributed by atoms with Crippen molar-refractivity contribution < 1.29 is 9.53 Å². The Hall–Kier alpha value is -0.790. The molecule has 1 unspecified atom stereocenters. The standard InChI is InChI=1S/C15H28O2/c1-7-13(16)17-11-10-15(6,9-3)12-14(4,5)8-2/h7H,1,8-12H2,2-6H3. The number of esters is 1. The smallest absolute Gasteiger partial charge is 0.330 e. The highest BCUT2D eigenvalue weighted by Crippen LogP contribution is 2.40. The van der Waals surface area contributed by atoms with E-state index in [4.69, 9.17) is 4.74 Å². The zero-order chi connectivity index (χ0) is 13.5. The second-order valence-corrected chi connectivity index (χ2v) is 5.98. The lowest BCUT2D eigenvalue weighted by Crippen LogP contribution is -2.26. The number of ether oxygens (including phenoxy) is 1. The third kappa shape index (κ3) is 6.50. The quantitative estimate of drug-likeness (QED) is 0.466. The van der Waals surface area contributed by atoms with E-state index in [0.717, 1.165) is 12.8 Å². The van der Waals surface area contributed by atoms with Crippen molar-refractivity contribution in [3.05, 3.63) is 12.7 Å². The summed E-state index contributed by atoms with van der Waals surface area (Å²) in [5, 5.41) is 0. The van der Waals surface area contributed by atoms with Crippen molar-refractivity contribution in [2.45, 2.75) is 60.3 Å². The highest BCUT2D eigenvalue weighted by atomic mass is 16.5. The number of carbonyl (C=O) groups excluding carboxylic acids is 1. The molecule has 0 aliphatic rings. The van der Waals surface area contributed by atoms with Crippen LogP contribution < -0.4 is 0 Å². The van der Waals surface area contributed by atoms with Gasteiger partial charge < -0.3 is 4.74 Å². The molecule has 0 aromatic carbocycles. The third-order valence-electron chi connectivity index (χ3n) is 3.83. The van der Waals surface area contributed by atoms with Crippen molar-refractivity contribution in [3.63, 3.8) is 0 Å². The second kappa shape index (κ2) is 6.83. The van der Waals surface area contributed by atoms with Crippen molar-refractivity contribution >= 4 is 5.97 Å². The van der Waals surface area contributed by atoms with Gasteiger partial charge in [0.1, 0.15) is 0 Å². The molecule has 0 bridgehead atoms. The molecule has 0 spiro atoms. The van der Waals surface area contributed by atoms with Crippen molar-refractivity contribution in [2.75, 3.05) is 6.61 Å². The SMILES string of the molecule is C=CC(=O)OCCC(C)(CC)CC(C)(C)CC. The molecule has 0 fully saturated rings. The molecule has 2 nitrogen and oxygen atoms in total. The predicted octanol–water partition coefficient (Wildman–Crippen LogP) is 4.35. The summed E-state index contributed by atoms with van der Waals surface area (Å²) < 4.78 is 5.08. The zero-order valence-electron chi connectivity index (χ0n) is 12.1. The normalized spacial score (nSPS) is 15.1. The average Bonchev–Trinajstić information content (AvgIpc) is 2.28. The van der Waals surface area contributed by atoms with Crippen LogP contribution in [0.2, 0.25) is 0 Å². The van der Waals surface area contributed by atoms with Gasteiger partial charge in [0.15, 0.2) is 0 Å². The van der Waals surface area contributed by atoms with E-state index in [9.17, 15) is 4.79 Å². The molecule has 0 aromatic heterocycles. The van der Waals surface area contributed by atoms with Crippen LogP contribution in [-0.2, 0) is 9.53 Å². The molecule has 0 aliphatic carbocycles. The Labute approximate surface area is 106 Å². The molecular formula is C15H28O2. The Bertz CT molecular complexity index is 256. The van der Waals surface area contributed by atoms with Gasteiger partial charge in [0.25, 0.3) is 0 Å². The van der Waals surface area contributed by atoms with E-state index < -0.39 is 0 Å². The van der Waals surface area contributed by atoms with Crippen LogP contribution in [0, 0.1) is 10.8 Å². The van der Waals surface area contributed by atoms with E-state index in [1.165, 1.54) is 18.9 Å². The summed E-state index contributed by atoms with van der Waals surface area (Å²) in [7, 11) is 0. The Morgan fingerprint density at radius 2 is 1.82 bits per heavy atom. The molecule has 2 heteroatoms. The summed E-state index contributed by atoms with van der Waals surface area (Å²) in [6, 6.07) is 0.